The number of carboxylic acid groups (broad SMARTS) is 1. The molecule has 2 aliphatic rings. The lowest BCUT2D eigenvalue weighted by Crippen LogP contribution is -2.71. The summed E-state index contributed by atoms with van der Waals surface area (Å²) in [4.78, 5) is 37.5. The third kappa shape index (κ3) is 2.83. The zero-order valence-corrected chi connectivity index (χ0v) is 14.5. The molecule has 5 N–H and O–H groups in total. The molecule has 0 spiro atoms. The van der Waals surface area contributed by atoms with Gasteiger partial charge in [-0.15, -0.1) is 11.8 Å². The Labute approximate surface area is 148 Å². The highest BCUT2D eigenvalue weighted by Gasteiger charge is 2.64. The normalized spacial score (nSPS) is 28.0. The van der Waals surface area contributed by atoms with Crippen LogP contribution in [0.2, 0.25) is 0 Å². The number of carboxylic acids is 1. The molecular formula is C16H19N3O5S. The number of aliphatic carboxylic acids is 1. The minimum atomic E-state index is -1.06. The lowest BCUT2D eigenvalue weighted by Gasteiger charge is -2.43. The number of β-lactam (4-membered cyclic amide) rings is 1. The van der Waals surface area contributed by atoms with Gasteiger partial charge in [-0.3, -0.25) is 9.59 Å². The van der Waals surface area contributed by atoms with Gasteiger partial charge in [0.2, 0.25) is 11.8 Å². The molecule has 4 atom stereocenters. The fourth-order valence-corrected chi connectivity index (χ4v) is 4.85. The van der Waals surface area contributed by atoms with Crippen molar-refractivity contribution < 1.29 is 24.6 Å². The Morgan fingerprint density at radius 1 is 1.32 bits per heavy atom. The molecule has 2 saturated heterocycles. The van der Waals surface area contributed by atoms with Gasteiger partial charge in [-0.1, -0.05) is 12.1 Å². The Morgan fingerprint density at radius 2 is 1.92 bits per heavy atom. The number of aromatic hydroxyl groups is 1. The van der Waals surface area contributed by atoms with Gasteiger partial charge in [0, 0.05) is 4.75 Å². The maximum absolute atomic E-state index is 12.3. The van der Waals surface area contributed by atoms with E-state index in [0.717, 1.165) is 0 Å². The first-order valence-corrected chi connectivity index (χ1v) is 8.59. The largest absolute Gasteiger partial charge is 0.508 e. The SMILES string of the molecule is CC1(C)S[C@H]2[C@H](NC(=O)[C@@H](N)c3ccc(O)cc3)C(=O)N2[C@@H]1C(=O)O. The number of carbonyl (C=O) groups excluding carboxylic acids is 2. The number of nitrogens with two attached hydrogens (primary N) is 1. The average molecular weight is 365 g/mol. The van der Waals surface area contributed by atoms with Crippen LogP contribution in [0.3, 0.4) is 0 Å². The summed E-state index contributed by atoms with van der Waals surface area (Å²) in [5, 5.41) is 20.9. The molecule has 1 aromatic carbocycles. The van der Waals surface area contributed by atoms with Crippen molar-refractivity contribution in [2.75, 3.05) is 0 Å². The predicted octanol–water partition coefficient (Wildman–Crippen LogP) is 0.0237. The number of hydrogen-bond acceptors (Lipinski definition) is 6. The Kier molecular flexibility index (Phi) is 4.16. The zero-order valence-electron chi connectivity index (χ0n) is 13.7. The van der Waals surface area contributed by atoms with E-state index in [4.69, 9.17) is 5.73 Å². The average Bonchev–Trinajstić information content (AvgIpc) is 2.80. The van der Waals surface area contributed by atoms with Gasteiger partial charge in [0.15, 0.2) is 0 Å². The molecule has 3 rings (SSSR count). The topological polar surface area (TPSA) is 133 Å². The molecule has 2 amide bonds. The van der Waals surface area contributed by atoms with Crippen LogP contribution in [-0.2, 0) is 14.4 Å². The van der Waals surface area contributed by atoms with Gasteiger partial charge in [-0.2, -0.15) is 0 Å². The van der Waals surface area contributed by atoms with Gasteiger partial charge < -0.3 is 26.2 Å². The van der Waals surface area contributed by atoms with Gasteiger partial charge in [0.25, 0.3) is 0 Å². The maximum atomic E-state index is 12.3. The van der Waals surface area contributed by atoms with E-state index in [0.29, 0.717) is 5.56 Å². The molecule has 2 fully saturated rings. The van der Waals surface area contributed by atoms with E-state index in [2.05, 4.69) is 5.32 Å². The number of phenols is 1. The molecule has 134 valence electrons. The molecule has 2 aliphatic heterocycles. The van der Waals surface area contributed by atoms with Crippen LogP contribution in [0, 0.1) is 0 Å². The Bertz CT molecular complexity index is 736. The van der Waals surface area contributed by atoms with Crippen LogP contribution in [0.25, 0.3) is 0 Å². The smallest absolute Gasteiger partial charge is 0.327 e. The molecule has 0 saturated carbocycles. The number of fused-ring (bicyclic) bond motifs is 1. The molecule has 9 heteroatoms. The number of thioether (sulfide) groups is 1. The fourth-order valence-electron chi connectivity index (χ4n) is 3.22. The summed E-state index contributed by atoms with van der Waals surface area (Å²) in [6.45, 7) is 3.53. The lowest BCUT2D eigenvalue weighted by atomic mass is 9.95. The van der Waals surface area contributed by atoms with Gasteiger partial charge in [0.1, 0.15) is 29.2 Å². The van der Waals surface area contributed by atoms with Gasteiger partial charge in [-0.05, 0) is 31.5 Å². The number of carbonyl (C=O) groups is 3. The molecule has 8 nitrogen and oxygen atoms in total. The van der Waals surface area contributed by atoms with Gasteiger partial charge in [0.05, 0.1) is 0 Å². The quantitative estimate of drug-likeness (QED) is 0.553. The first kappa shape index (κ1) is 17.6. The molecule has 25 heavy (non-hydrogen) atoms. The van der Waals surface area contributed by atoms with E-state index in [1.807, 2.05) is 0 Å². The van der Waals surface area contributed by atoms with Crippen LogP contribution in [0.1, 0.15) is 25.5 Å². The van der Waals surface area contributed by atoms with Crippen molar-refractivity contribution in [2.45, 2.75) is 42.1 Å². The number of rotatable bonds is 4. The van der Waals surface area contributed by atoms with Crippen LogP contribution >= 0.6 is 11.8 Å². The summed E-state index contributed by atoms with van der Waals surface area (Å²) in [6.07, 6.45) is 0. The molecule has 2 heterocycles. The number of amides is 2. The van der Waals surface area contributed by atoms with Crippen LogP contribution in [-0.4, -0.2) is 55.1 Å². The number of nitrogens with one attached hydrogen (secondary N) is 1. The summed E-state index contributed by atoms with van der Waals surface area (Å²) in [6, 6.07) is 3.21. The van der Waals surface area contributed by atoms with Crippen molar-refractivity contribution in [3.8, 4) is 5.75 Å². The predicted molar refractivity (Wildman–Crippen MR) is 90.7 cm³/mol. The highest BCUT2D eigenvalue weighted by molar-refractivity contribution is 8.01. The maximum Gasteiger partial charge on any atom is 0.327 e. The van der Waals surface area contributed by atoms with E-state index >= 15 is 0 Å². The van der Waals surface area contributed by atoms with Gasteiger partial charge in [-0.25, -0.2) is 4.79 Å². The number of benzene rings is 1. The Hall–Kier alpha value is -2.26. The lowest BCUT2D eigenvalue weighted by molar-refractivity contribution is -0.161. The van der Waals surface area contributed by atoms with Crippen molar-refractivity contribution in [3.05, 3.63) is 29.8 Å². The minimum Gasteiger partial charge on any atom is -0.508 e. The molecule has 0 unspecified atom stereocenters. The summed E-state index contributed by atoms with van der Waals surface area (Å²) < 4.78 is -0.648. The standard InChI is InChI=1S/C16H19N3O5S/c1-16(2)11(15(23)24)19-13(22)10(14(19)25-16)18-12(21)9(17)7-3-5-8(20)6-4-7/h3-6,9-11,14,20H,17H2,1-2H3,(H,18,21)(H,23,24)/t9-,10+,11+,14-/m0/s1. The second kappa shape index (κ2) is 5.92. The fraction of sp³-hybridized carbons (Fsp3) is 0.438. The van der Waals surface area contributed by atoms with Crippen molar-refractivity contribution in [2.24, 2.45) is 5.73 Å². The molecule has 0 aliphatic carbocycles. The van der Waals surface area contributed by atoms with Crippen molar-refractivity contribution in [1.82, 2.24) is 10.2 Å². The van der Waals surface area contributed by atoms with Crippen molar-refractivity contribution in [1.29, 1.82) is 0 Å². The summed E-state index contributed by atoms with van der Waals surface area (Å²) in [7, 11) is 0. The monoisotopic (exact) mass is 365 g/mol. The first-order chi connectivity index (χ1) is 11.6. The second-order valence-electron chi connectivity index (χ2n) is 6.65. The van der Waals surface area contributed by atoms with E-state index in [1.54, 1.807) is 13.8 Å². The number of nitrogens with zero attached hydrogens (tertiary/aromatic N) is 1. The van der Waals surface area contributed by atoms with E-state index in [1.165, 1.54) is 40.9 Å². The first-order valence-electron chi connectivity index (χ1n) is 7.71. The molecular weight excluding hydrogens is 346 g/mol. The van der Waals surface area contributed by atoms with E-state index in [-0.39, 0.29) is 5.75 Å². The van der Waals surface area contributed by atoms with Crippen LogP contribution in [0.4, 0.5) is 0 Å². The molecule has 1 aromatic rings. The third-order valence-electron chi connectivity index (χ3n) is 4.51. The molecule has 0 radical (unpaired) electrons. The van der Waals surface area contributed by atoms with E-state index < -0.39 is 46.0 Å². The van der Waals surface area contributed by atoms with Crippen LogP contribution in [0.15, 0.2) is 24.3 Å². The zero-order chi connectivity index (χ0) is 18.5. The van der Waals surface area contributed by atoms with Crippen molar-refractivity contribution >= 4 is 29.5 Å². The second-order valence-corrected chi connectivity index (χ2v) is 8.42. The minimum absolute atomic E-state index is 0.0606. The van der Waals surface area contributed by atoms with Crippen LogP contribution in [0.5, 0.6) is 5.75 Å². The van der Waals surface area contributed by atoms with Crippen LogP contribution < -0.4 is 11.1 Å². The summed E-state index contributed by atoms with van der Waals surface area (Å²) in [5.41, 5.74) is 6.41. The highest BCUT2D eigenvalue weighted by atomic mass is 32.2. The third-order valence-corrected chi connectivity index (χ3v) is 6.08. The molecule has 0 bridgehead atoms. The Morgan fingerprint density at radius 3 is 2.48 bits per heavy atom. The van der Waals surface area contributed by atoms with E-state index in [9.17, 15) is 24.6 Å². The number of phenolic OH excluding ortho intramolecular Hbond substituents is 1. The van der Waals surface area contributed by atoms with Gasteiger partial charge >= 0.3 is 5.97 Å². The number of hydrogen-bond donors (Lipinski definition) is 4. The Balaban J connectivity index is 1.70. The summed E-state index contributed by atoms with van der Waals surface area (Å²) >= 11 is 1.35. The molecule has 0 aromatic heterocycles. The summed E-state index contributed by atoms with van der Waals surface area (Å²) in [5.74, 6) is -1.94. The van der Waals surface area contributed by atoms with Crippen molar-refractivity contribution in [3.63, 3.8) is 0 Å². The highest BCUT2D eigenvalue weighted by Crippen LogP contribution is 2.50.